The lowest BCUT2D eigenvalue weighted by atomic mass is 9.75. The average molecular weight is 447 g/mol. The smallest absolute Gasteiger partial charge is 0.161 e. The monoisotopic (exact) mass is 446 g/mol. The highest BCUT2D eigenvalue weighted by molar-refractivity contribution is 5.85. The third kappa shape index (κ3) is 4.64. The Morgan fingerprint density at radius 1 is 1.03 bits per heavy atom. The number of halogens is 1. The van der Waals surface area contributed by atoms with E-state index in [4.69, 9.17) is 15.2 Å². The normalized spacial score (nSPS) is 25.2. The Hall–Kier alpha value is -1.95. The maximum atomic E-state index is 9.77. The quantitative estimate of drug-likeness (QED) is 0.663. The standard InChI is InChI=1S/C25H34N2O3.ClH/c1-4-5-6-17-14-27-15-21(16-7-9-18(28)10-8-16)19-11-24(29-2)25(30-3)12-20(19)23(27)13-22(17)26;/h7-12,17,21-23,28H,4-6,13-15,26H2,1-3H3;1H/t17-,21-,22+,23-;/m1./s1. The lowest BCUT2D eigenvalue weighted by Gasteiger charge is -2.48. The molecule has 0 bridgehead atoms. The highest BCUT2D eigenvalue weighted by Crippen LogP contribution is 2.48. The van der Waals surface area contributed by atoms with E-state index in [1.807, 2.05) is 12.1 Å². The molecular weight excluding hydrogens is 412 g/mol. The van der Waals surface area contributed by atoms with Crippen molar-refractivity contribution in [1.82, 2.24) is 4.90 Å². The number of ether oxygens (including phenoxy) is 2. The Morgan fingerprint density at radius 3 is 2.29 bits per heavy atom. The van der Waals surface area contributed by atoms with Crippen molar-refractivity contribution in [2.45, 2.75) is 50.6 Å². The van der Waals surface area contributed by atoms with Crippen molar-refractivity contribution in [2.75, 3.05) is 27.3 Å². The molecule has 0 unspecified atom stereocenters. The number of benzene rings is 2. The third-order valence-corrected chi connectivity index (χ3v) is 6.98. The molecule has 4 rings (SSSR count). The minimum absolute atomic E-state index is 0. The molecule has 0 spiro atoms. The lowest BCUT2D eigenvalue weighted by Crippen LogP contribution is -2.51. The van der Waals surface area contributed by atoms with Crippen LogP contribution in [0.25, 0.3) is 0 Å². The van der Waals surface area contributed by atoms with Crippen LogP contribution in [0.4, 0.5) is 0 Å². The molecule has 3 N–H and O–H groups in total. The third-order valence-electron chi connectivity index (χ3n) is 6.98. The lowest BCUT2D eigenvalue weighted by molar-refractivity contribution is 0.0728. The molecule has 0 radical (unpaired) electrons. The van der Waals surface area contributed by atoms with Gasteiger partial charge in [-0.05, 0) is 59.7 Å². The van der Waals surface area contributed by atoms with E-state index in [9.17, 15) is 5.11 Å². The molecule has 1 fully saturated rings. The molecule has 0 saturated carbocycles. The van der Waals surface area contributed by atoms with Gasteiger partial charge in [-0.1, -0.05) is 31.9 Å². The number of rotatable bonds is 6. The van der Waals surface area contributed by atoms with Gasteiger partial charge in [-0.25, -0.2) is 0 Å². The summed E-state index contributed by atoms with van der Waals surface area (Å²) in [5, 5.41) is 9.77. The van der Waals surface area contributed by atoms with E-state index in [1.165, 1.54) is 36.0 Å². The van der Waals surface area contributed by atoms with E-state index in [0.717, 1.165) is 31.0 Å². The van der Waals surface area contributed by atoms with Crippen molar-refractivity contribution >= 4 is 12.4 Å². The summed E-state index contributed by atoms with van der Waals surface area (Å²) in [7, 11) is 3.37. The summed E-state index contributed by atoms with van der Waals surface area (Å²) in [4.78, 5) is 2.62. The van der Waals surface area contributed by atoms with E-state index in [0.29, 0.717) is 17.7 Å². The number of nitrogens with two attached hydrogens (primary N) is 1. The number of hydrogen-bond donors (Lipinski definition) is 2. The number of aromatic hydroxyl groups is 1. The summed E-state index contributed by atoms with van der Waals surface area (Å²) in [5.41, 5.74) is 10.4. The maximum Gasteiger partial charge on any atom is 0.161 e. The summed E-state index contributed by atoms with van der Waals surface area (Å²) in [6.07, 6.45) is 4.62. The Morgan fingerprint density at radius 2 is 1.68 bits per heavy atom. The van der Waals surface area contributed by atoms with Crippen molar-refractivity contribution in [1.29, 1.82) is 0 Å². The van der Waals surface area contributed by atoms with Crippen LogP contribution in [0.2, 0.25) is 0 Å². The van der Waals surface area contributed by atoms with Crippen LogP contribution in [0.15, 0.2) is 36.4 Å². The first-order chi connectivity index (χ1) is 14.5. The molecule has 2 aromatic carbocycles. The van der Waals surface area contributed by atoms with Crippen LogP contribution in [0.1, 0.15) is 61.3 Å². The minimum Gasteiger partial charge on any atom is -0.508 e. The van der Waals surface area contributed by atoms with Gasteiger partial charge >= 0.3 is 0 Å². The fourth-order valence-corrected chi connectivity index (χ4v) is 5.29. The van der Waals surface area contributed by atoms with Gasteiger partial charge in [0.1, 0.15) is 5.75 Å². The fourth-order valence-electron chi connectivity index (χ4n) is 5.29. The molecule has 2 aromatic rings. The number of fused-ring (bicyclic) bond motifs is 3. The molecule has 2 heterocycles. The molecule has 2 aliphatic heterocycles. The maximum absolute atomic E-state index is 9.77. The Balaban J connectivity index is 0.00000272. The number of unbranched alkanes of at least 4 members (excludes halogenated alkanes) is 1. The number of methoxy groups -OCH3 is 2. The summed E-state index contributed by atoms with van der Waals surface area (Å²) in [5.74, 6) is 2.59. The van der Waals surface area contributed by atoms with Gasteiger partial charge in [-0.15, -0.1) is 12.4 Å². The van der Waals surface area contributed by atoms with Gasteiger partial charge in [0.2, 0.25) is 0 Å². The van der Waals surface area contributed by atoms with E-state index in [2.05, 4.69) is 24.0 Å². The topological polar surface area (TPSA) is 68.0 Å². The highest BCUT2D eigenvalue weighted by Gasteiger charge is 2.41. The second kappa shape index (κ2) is 10.1. The molecule has 6 heteroatoms. The molecule has 170 valence electrons. The molecule has 0 amide bonds. The van der Waals surface area contributed by atoms with Crippen LogP contribution < -0.4 is 15.2 Å². The van der Waals surface area contributed by atoms with Crippen molar-refractivity contribution in [3.8, 4) is 17.2 Å². The Labute approximate surface area is 191 Å². The van der Waals surface area contributed by atoms with Gasteiger partial charge in [0, 0.05) is 31.1 Å². The van der Waals surface area contributed by atoms with Crippen LogP contribution in [0.5, 0.6) is 17.2 Å². The second-order valence-corrected chi connectivity index (χ2v) is 8.75. The van der Waals surface area contributed by atoms with Gasteiger partial charge in [-0.2, -0.15) is 0 Å². The second-order valence-electron chi connectivity index (χ2n) is 8.75. The molecule has 31 heavy (non-hydrogen) atoms. The predicted molar refractivity (Wildman–Crippen MR) is 127 cm³/mol. The molecule has 2 aliphatic rings. The van der Waals surface area contributed by atoms with Gasteiger partial charge in [0.15, 0.2) is 11.5 Å². The Kier molecular flexibility index (Phi) is 7.73. The van der Waals surface area contributed by atoms with Crippen LogP contribution in [-0.2, 0) is 0 Å². The molecule has 4 atom stereocenters. The minimum atomic E-state index is 0. The van der Waals surface area contributed by atoms with Gasteiger partial charge in [0.05, 0.1) is 14.2 Å². The van der Waals surface area contributed by atoms with Gasteiger partial charge in [0.25, 0.3) is 0 Å². The average Bonchev–Trinajstić information content (AvgIpc) is 2.77. The van der Waals surface area contributed by atoms with Crippen LogP contribution in [0, 0.1) is 5.92 Å². The van der Waals surface area contributed by atoms with Crippen molar-refractivity contribution in [3.05, 3.63) is 53.1 Å². The van der Waals surface area contributed by atoms with E-state index >= 15 is 0 Å². The van der Waals surface area contributed by atoms with E-state index < -0.39 is 0 Å². The SMILES string of the molecule is CCCC[C@@H]1CN2C[C@H](c3ccc(O)cc3)c3cc(OC)c(OC)cc3[C@H]2C[C@@H]1N.Cl. The summed E-state index contributed by atoms with van der Waals surface area (Å²) >= 11 is 0. The number of hydrogen-bond acceptors (Lipinski definition) is 5. The summed E-state index contributed by atoms with van der Waals surface area (Å²) in [6, 6.07) is 12.4. The van der Waals surface area contributed by atoms with Crippen LogP contribution in [-0.4, -0.2) is 43.4 Å². The van der Waals surface area contributed by atoms with Crippen LogP contribution in [0.3, 0.4) is 0 Å². The summed E-state index contributed by atoms with van der Waals surface area (Å²) in [6.45, 7) is 4.23. The van der Waals surface area contributed by atoms with Gasteiger partial charge < -0.3 is 20.3 Å². The first-order valence-electron chi connectivity index (χ1n) is 11.1. The Bertz CT molecular complexity index is 874. The zero-order valence-corrected chi connectivity index (χ0v) is 19.5. The number of piperidine rings is 1. The largest absolute Gasteiger partial charge is 0.508 e. The molecular formula is C25H35ClN2O3. The van der Waals surface area contributed by atoms with E-state index in [-0.39, 0.29) is 24.4 Å². The zero-order chi connectivity index (χ0) is 21.3. The first kappa shape index (κ1) is 23.7. The summed E-state index contributed by atoms with van der Waals surface area (Å²) < 4.78 is 11.3. The van der Waals surface area contributed by atoms with Crippen molar-refractivity contribution < 1.29 is 14.6 Å². The zero-order valence-electron chi connectivity index (χ0n) is 18.7. The molecule has 1 saturated heterocycles. The molecule has 0 aliphatic carbocycles. The molecule has 5 nitrogen and oxygen atoms in total. The molecule has 0 aromatic heterocycles. The van der Waals surface area contributed by atoms with E-state index in [1.54, 1.807) is 26.4 Å². The number of phenolic OH excluding ortho intramolecular Hbond substituents is 1. The fraction of sp³-hybridized carbons (Fsp3) is 0.520. The predicted octanol–water partition coefficient (Wildman–Crippen LogP) is 4.86. The number of nitrogens with zero attached hydrogens (tertiary/aromatic N) is 1. The first-order valence-corrected chi connectivity index (χ1v) is 11.1. The van der Waals surface area contributed by atoms with Crippen molar-refractivity contribution in [2.24, 2.45) is 11.7 Å². The highest BCUT2D eigenvalue weighted by atomic mass is 35.5. The van der Waals surface area contributed by atoms with Gasteiger partial charge in [-0.3, -0.25) is 4.90 Å². The van der Waals surface area contributed by atoms with Crippen LogP contribution >= 0.6 is 12.4 Å². The number of phenols is 1. The van der Waals surface area contributed by atoms with Crippen molar-refractivity contribution in [3.63, 3.8) is 0 Å².